The normalized spacial score (nSPS) is 25.6. The van der Waals surface area contributed by atoms with Crippen LogP contribution in [0.3, 0.4) is 0 Å². The van der Waals surface area contributed by atoms with E-state index in [1.807, 2.05) is 0 Å². The van der Waals surface area contributed by atoms with Gasteiger partial charge in [0.05, 0.1) is 12.9 Å². The van der Waals surface area contributed by atoms with Crippen molar-refractivity contribution < 1.29 is 49.0 Å². The molecule has 1 aliphatic rings. The molecule has 5 N–H and O–H groups in total. The van der Waals surface area contributed by atoms with Crippen molar-refractivity contribution in [1.82, 2.24) is 0 Å². The number of aliphatic hydroxyl groups is 4. The van der Waals surface area contributed by atoms with Gasteiger partial charge in [-0.05, 0) is 23.8 Å². The fourth-order valence-corrected chi connectivity index (χ4v) is 2.88. The van der Waals surface area contributed by atoms with Gasteiger partial charge in [0.1, 0.15) is 30.2 Å². The standard InChI is InChI=1S/C21H22O11/c22-9-14-17(26)18(27)19(28)21(31-14)32-20-13(24)7-8-29-15(20)10-30-16(25)6-3-11-1-4-12(23)5-2-11/h1-8,14,17-19,21-23,26-28H,9-10H2/b6-3+/t14-,17+,18-,19+,21+/m1/s1. The van der Waals surface area contributed by atoms with Gasteiger partial charge >= 0.3 is 5.97 Å². The molecular formula is C21H22O11. The highest BCUT2D eigenvalue weighted by molar-refractivity contribution is 5.87. The first-order valence-corrected chi connectivity index (χ1v) is 9.52. The van der Waals surface area contributed by atoms with Crippen molar-refractivity contribution in [3.63, 3.8) is 0 Å². The van der Waals surface area contributed by atoms with Crippen molar-refractivity contribution in [2.45, 2.75) is 37.3 Å². The zero-order chi connectivity index (χ0) is 23.3. The summed E-state index contributed by atoms with van der Waals surface area (Å²) in [4.78, 5) is 24.2. The predicted octanol–water partition coefficient (Wildman–Crippen LogP) is -0.719. The summed E-state index contributed by atoms with van der Waals surface area (Å²) < 4.78 is 20.8. The summed E-state index contributed by atoms with van der Waals surface area (Å²) in [5.74, 6) is -1.31. The quantitative estimate of drug-likeness (QED) is 0.266. The number of aliphatic hydroxyl groups excluding tert-OH is 4. The first-order chi connectivity index (χ1) is 15.3. The van der Waals surface area contributed by atoms with Crippen LogP contribution in [0.15, 0.2) is 51.9 Å². The SMILES string of the molecule is O=C(/C=C/c1ccc(O)cc1)OCc1occc(=O)c1O[C@@H]1O[C@H](CO)[C@H](O)[C@@H](O)[C@@H]1O. The van der Waals surface area contributed by atoms with Crippen molar-refractivity contribution in [2.24, 2.45) is 0 Å². The number of phenolic OH excluding ortho intramolecular Hbond substituents is 1. The maximum atomic E-state index is 12.2. The molecule has 1 aromatic heterocycles. The Bertz CT molecular complexity index is 996. The van der Waals surface area contributed by atoms with Crippen LogP contribution in [0.1, 0.15) is 11.3 Å². The van der Waals surface area contributed by atoms with E-state index in [0.717, 1.165) is 18.4 Å². The molecule has 3 rings (SSSR count). The van der Waals surface area contributed by atoms with Gasteiger partial charge in [0.15, 0.2) is 12.4 Å². The lowest BCUT2D eigenvalue weighted by Gasteiger charge is -2.39. The molecule has 1 saturated heterocycles. The van der Waals surface area contributed by atoms with E-state index in [9.17, 15) is 35.1 Å². The van der Waals surface area contributed by atoms with Crippen LogP contribution in [0.2, 0.25) is 0 Å². The predicted molar refractivity (Wildman–Crippen MR) is 106 cm³/mol. The number of aromatic hydroxyl groups is 1. The molecule has 11 heteroatoms. The number of hydrogen-bond donors (Lipinski definition) is 5. The summed E-state index contributed by atoms with van der Waals surface area (Å²) >= 11 is 0. The monoisotopic (exact) mass is 450 g/mol. The van der Waals surface area contributed by atoms with Crippen LogP contribution in [-0.2, 0) is 20.9 Å². The van der Waals surface area contributed by atoms with Gasteiger partial charge in [-0.1, -0.05) is 12.1 Å². The molecule has 0 spiro atoms. The average molecular weight is 450 g/mol. The Morgan fingerprint density at radius 3 is 2.47 bits per heavy atom. The summed E-state index contributed by atoms with van der Waals surface area (Å²) in [7, 11) is 0. The number of carbonyl (C=O) groups is 1. The highest BCUT2D eigenvalue weighted by Crippen LogP contribution is 2.25. The fraction of sp³-hybridized carbons (Fsp3) is 0.333. The number of rotatable bonds is 7. The van der Waals surface area contributed by atoms with Gasteiger partial charge in [0.25, 0.3) is 0 Å². The molecule has 1 aliphatic heterocycles. The number of esters is 1. The molecular weight excluding hydrogens is 428 g/mol. The highest BCUT2D eigenvalue weighted by Gasteiger charge is 2.45. The fourth-order valence-electron chi connectivity index (χ4n) is 2.88. The van der Waals surface area contributed by atoms with Crippen LogP contribution in [-0.4, -0.2) is 68.8 Å². The summed E-state index contributed by atoms with van der Waals surface area (Å²) in [5, 5.41) is 48.3. The molecule has 2 heterocycles. The lowest BCUT2D eigenvalue weighted by Crippen LogP contribution is -2.60. The highest BCUT2D eigenvalue weighted by atomic mass is 16.7. The van der Waals surface area contributed by atoms with E-state index in [0.29, 0.717) is 5.56 Å². The maximum Gasteiger partial charge on any atom is 0.331 e. The van der Waals surface area contributed by atoms with Crippen LogP contribution < -0.4 is 10.2 Å². The summed E-state index contributed by atoms with van der Waals surface area (Å²) in [6.45, 7) is -1.17. The first-order valence-electron chi connectivity index (χ1n) is 9.52. The lowest BCUT2D eigenvalue weighted by atomic mass is 9.99. The number of ether oxygens (including phenoxy) is 3. The first kappa shape index (κ1) is 23.4. The second-order valence-electron chi connectivity index (χ2n) is 6.88. The van der Waals surface area contributed by atoms with E-state index in [2.05, 4.69) is 0 Å². The van der Waals surface area contributed by atoms with Gasteiger partial charge < -0.3 is 44.2 Å². The lowest BCUT2D eigenvalue weighted by molar-refractivity contribution is -0.278. The van der Waals surface area contributed by atoms with E-state index < -0.39 is 61.1 Å². The summed E-state index contributed by atoms with van der Waals surface area (Å²) in [6.07, 6.45) is -4.25. The van der Waals surface area contributed by atoms with Crippen molar-refractivity contribution in [1.29, 1.82) is 0 Å². The minimum absolute atomic E-state index is 0.0794. The smallest absolute Gasteiger partial charge is 0.331 e. The summed E-state index contributed by atoms with van der Waals surface area (Å²) in [5.41, 5.74) is -0.0449. The number of phenols is 1. The molecule has 0 saturated carbocycles. The van der Waals surface area contributed by atoms with Crippen molar-refractivity contribution in [2.75, 3.05) is 6.61 Å². The van der Waals surface area contributed by atoms with Crippen LogP contribution >= 0.6 is 0 Å². The van der Waals surface area contributed by atoms with E-state index in [-0.39, 0.29) is 11.5 Å². The van der Waals surface area contributed by atoms with E-state index in [1.54, 1.807) is 12.1 Å². The molecule has 0 amide bonds. The molecule has 172 valence electrons. The minimum Gasteiger partial charge on any atom is -0.508 e. The van der Waals surface area contributed by atoms with Crippen molar-refractivity contribution >= 4 is 12.0 Å². The number of benzene rings is 1. The van der Waals surface area contributed by atoms with Gasteiger partial charge in [0, 0.05) is 12.1 Å². The summed E-state index contributed by atoms with van der Waals surface area (Å²) in [6, 6.07) is 7.09. The van der Waals surface area contributed by atoms with Crippen LogP contribution in [0, 0.1) is 0 Å². The Hall–Kier alpha value is -3.22. The van der Waals surface area contributed by atoms with Gasteiger partial charge in [-0.3, -0.25) is 4.79 Å². The Labute approximate surface area is 181 Å². The third-order valence-corrected chi connectivity index (χ3v) is 4.64. The van der Waals surface area contributed by atoms with E-state index in [4.69, 9.17) is 18.6 Å². The minimum atomic E-state index is -1.74. The molecule has 0 radical (unpaired) electrons. The van der Waals surface area contributed by atoms with Gasteiger partial charge in [-0.15, -0.1) is 0 Å². The van der Waals surface area contributed by atoms with Crippen LogP contribution in [0.25, 0.3) is 6.08 Å². The van der Waals surface area contributed by atoms with Crippen molar-refractivity contribution in [3.8, 4) is 11.5 Å². The largest absolute Gasteiger partial charge is 0.508 e. The zero-order valence-corrected chi connectivity index (χ0v) is 16.6. The van der Waals surface area contributed by atoms with Crippen LogP contribution in [0.5, 0.6) is 11.5 Å². The van der Waals surface area contributed by atoms with Crippen LogP contribution in [0.4, 0.5) is 0 Å². The number of hydrogen-bond acceptors (Lipinski definition) is 11. The molecule has 1 aromatic carbocycles. The Morgan fingerprint density at radius 1 is 1.06 bits per heavy atom. The van der Waals surface area contributed by atoms with Gasteiger partial charge in [-0.25, -0.2) is 4.79 Å². The maximum absolute atomic E-state index is 12.2. The molecule has 1 fully saturated rings. The third-order valence-electron chi connectivity index (χ3n) is 4.64. The third kappa shape index (κ3) is 5.52. The van der Waals surface area contributed by atoms with Gasteiger partial charge in [0.2, 0.25) is 17.5 Å². The number of carbonyl (C=O) groups excluding carboxylic acids is 1. The zero-order valence-electron chi connectivity index (χ0n) is 16.6. The average Bonchev–Trinajstić information content (AvgIpc) is 2.79. The van der Waals surface area contributed by atoms with Crippen molar-refractivity contribution in [3.05, 3.63) is 64.2 Å². The Balaban J connectivity index is 1.68. The topological polar surface area (TPSA) is 176 Å². The van der Waals surface area contributed by atoms with E-state index in [1.165, 1.54) is 18.2 Å². The second kappa shape index (κ2) is 10.4. The molecule has 32 heavy (non-hydrogen) atoms. The molecule has 0 unspecified atom stereocenters. The molecule has 0 aliphatic carbocycles. The Kier molecular flexibility index (Phi) is 7.62. The second-order valence-corrected chi connectivity index (χ2v) is 6.88. The molecule has 11 nitrogen and oxygen atoms in total. The van der Waals surface area contributed by atoms with Gasteiger partial charge in [-0.2, -0.15) is 0 Å². The Morgan fingerprint density at radius 2 is 1.78 bits per heavy atom. The molecule has 5 atom stereocenters. The van der Waals surface area contributed by atoms with E-state index >= 15 is 0 Å². The molecule has 0 bridgehead atoms. The molecule has 2 aromatic rings.